The van der Waals surface area contributed by atoms with Crippen LogP contribution in [-0.2, 0) is 0 Å². The topological polar surface area (TPSA) is 42.0 Å². The van der Waals surface area contributed by atoms with E-state index in [2.05, 4.69) is 31.1 Å². The zero-order chi connectivity index (χ0) is 11.0. The molecule has 0 aliphatic carbocycles. The van der Waals surface area contributed by atoms with Crippen molar-refractivity contribution in [2.75, 3.05) is 11.9 Å². The van der Waals surface area contributed by atoms with Crippen molar-refractivity contribution in [3.05, 3.63) is 23.0 Å². The Morgan fingerprint density at radius 3 is 2.87 bits per heavy atom. The highest BCUT2D eigenvalue weighted by atomic mass is 16.1. The van der Waals surface area contributed by atoms with E-state index < -0.39 is 0 Å². The van der Waals surface area contributed by atoms with Gasteiger partial charge in [-0.1, -0.05) is 13.8 Å². The van der Waals surface area contributed by atoms with Crippen molar-refractivity contribution in [1.29, 1.82) is 0 Å². The molecule has 0 saturated carbocycles. The molecule has 15 heavy (non-hydrogen) atoms. The van der Waals surface area contributed by atoms with Gasteiger partial charge in [0.1, 0.15) is 5.69 Å². The summed E-state index contributed by atoms with van der Waals surface area (Å²) in [6.07, 6.45) is 2.39. The third-order valence-corrected chi connectivity index (χ3v) is 2.92. The number of rotatable bonds is 1. The molecule has 3 heteroatoms. The predicted molar refractivity (Wildman–Crippen MR) is 60.5 cm³/mol. The molecule has 0 amide bonds. The summed E-state index contributed by atoms with van der Waals surface area (Å²) in [6.45, 7) is 7.07. The average Bonchev–Trinajstić information content (AvgIpc) is 2.19. The Bertz CT molecular complexity index is 410. The lowest BCUT2D eigenvalue weighted by Gasteiger charge is -2.21. The van der Waals surface area contributed by atoms with E-state index in [9.17, 15) is 4.79 Å². The minimum atomic E-state index is 0.155. The van der Waals surface area contributed by atoms with Crippen LogP contribution in [0.5, 0.6) is 0 Å². The standard InChI is InChI=1S/C12H16N2O/c1-7(2)9-6-14-12-10(15)4-5-13-11(12)8(9)3/h6-7,13H,4-5H2,1-3H3. The number of aromatic nitrogens is 1. The molecule has 80 valence electrons. The molecule has 0 aromatic carbocycles. The molecular formula is C12H16N2O. The van der Waals surface area contributed by atoms with Crippen molar-refractivity contribution in [3.63, 3.8) is 0 Å². The first-order valence-corrected chi connectivity index (χ1v) is 5.38. The van der Waals surface area contributed by atoms with Gasteiger partial charge in [0.05, 0.1) is 5.69 Å². The van der Waals surface area contributed by atoms with Crippen molar-refractivity contribution in [2.24, 2.45) is 0 Å². The smallest absolute Gasteiger partial charge is 0.185 e. The van der Waals surface area contributed by atoms with Crippen LogP contribution in [0, 0.1) is 6.92 Å². The molecule has 2 heterocycles. The van der Waals surface area contributed by atoms with Gasteiger partial charge in [-0.05, 0) is 24.0 Å². The number of pyridine rings is 1. The summed E-state index contributed by atoms with van der Waals surface area (Å²) in [5.74, 6) is 0.601. The molecule has 0 radical (unpaired) electrons. The molecule has 0 fully saturated rings. The van der Waals surface area contributed by atoms with Crippen LogP contribution >= 0.6 is 0 Å². The summed E-state index contributed by atoms with van der Waals surface area (Å²) in [4.78, 5) is 15.9. The first kappa shape index (κ1) is 10.1. The van der Waals surface area contributed by atoms with Gasteiger partial charge in [-0.15, -0.1) is 0 Å². The Balaban J connectivity index is 2.57. The Morgan fingerprint density at radius 1 is 1.47 bits per heavy atom. The molecular weight excluding hydrogens is 188 g/mol. The third-order valence-electron chi connectivity index (χ3n) is 2.92. The Labute approximate surface area is 89.9 Å². The summed E-state index contributed by atoms with van der Waals surface area (Å²) < 4.78 is 0. The van der Waals surface area contributed by atoms with Crippen LogP contribution in [0.1, 0.15) is 47.8 Å². The summed E-state index contributed by atoms with van der Waals surface area (Å²) in [7, 11) is 0. The van der Waals surface area contributed by atoms with Crippen molar-refractivity contribution in [3.8, 4) is 0 Å². The number of hydrogen-bond acceptors (Lipinski definition) is 3. The van der Waals surface area contributed by atoms with Crippen LogP contribution in [-0.4, -0.2) is 17.3 Å². The maximum atomic E-state index is 11.6. The van der Waals surface area contributed by atoms with Gasteiger partial charge < -0.3 is 5.32 Å². The van der Waals surface area contributed by atoms with Crippen molar-refractivity contribution < 1.29 is 4.79 Å². The zero-order valence-corrected chi connectivity index (χ0v) is 9.42. The number of nitrogens with one attached hydrogen (secondary N) is 1. The van der Waals surface area contributed by atoms with E-state index >= 15 is 0 Å². The molecule has 0 bridgehead atoms. The third kappa shape index (κ3) is 1.62. The maximum absolute atomic E-state index is 11.6. The normalized spacial score (nSPS) is 15.1. The molecule has 2 rings (SSSR count). The van der Waals surface area contributed by atoms with Crippen LogP contribution in [0.25, 0.3) is 0 Å². The van der Waals surface area contributed by atoms with E-state index in [4.69, 9.17) is 0 Å². The lowest BCUT2D eigenvalue weighted by Crippen LogP contribution is -2.21. The van der Waals surface area contributed by atoms with Crippen LogP contribution in [0.2, 0.25) is 0 Å². The monoisotopic (exact) mass is 204 g/mol. The van der Waals surface area contributed by atoms with Gasteiger partial charge in [0.2, 0.25) is 0 Å². The number of carbonyl (C=O) groups is 1. The molecule has 1 aliphatic rings. The molecule has 0 atom stereocenters. The van der Waals surface area contributed by atoms with Crippen molar-refractivity contribution >= 4 is 11.5 Å². The molecule has 0 unspecified atom stereocenters. The summed E-state index contributed by atoms with van der Waals surface area (Å²) in [6, 6.07) is 0. The quantitative estimate of drug-likeness (QED) is 0.764. The molecule has 1 aliphatic heterocycles. The van der Waals surface area contributed by atoms with Crippen LogP contribution in [0.15, 0.2) is 6.20 Å². The molecule has 1 N–H and O–H groups in total. The molecule has 1 aromatic rings. The summed E-state index contributed by atoms with van der Waals surface area (Å²) in [5.41, 5.74) is 3.94. The second kappa shape index (κ2) is 3.65. The number of fused-ring (bicyclic) bond motifs is 1. The SMILES string of the molecule is Cc1c(C(C)C)cnc2c1NCCC2=O. The van der Waals surface area contributed by atoms with Gasteiger partial charge in [0, 0.05) is 19.2 Å². The highest BCUT2D eigenvalue weighted by Crippen LogP contribution is 2.29. The largest absolute Gasteiger partial charge is 0.383 e. The Kier molecular flexibility index (Phi) is 2.47. The second-order valence-corrected chi connectivity index (χ2v) is 4.32. The number of ketones is 1. The van der Waals surface area contributed by atoms with Gasteiger partial charge in [-0.25, -0.2) is 0 Å². The fourth-order valence-electron chi connectivity index (χ4n) is 2.05. The minimum absolute atomic E-state index is 0.155. The van der Waals surface area contributed by atoms with Gasteiger partial charge >= 0.3 is 0 Å². The van der Waals surface area contributed by atoms with Crippen molar-refractivity contribution in [2.45, 2.75) is 33.1 Å². The first-order valence-electron chi connectivity index (χ1n) is 5.38. The summed E-state index contributed by atoms with van der Waals surface area (Å²) in [5, 5.41) is 3.27. The molecule has 0 spiro atoms. The van der Waals surface area contributed by atoms with Gasteiger partial charge in [0.15, 0.2) is 5.78 Å². The van der Waals surface area contributed by atoms with E-state index in [-0.39, 0.29) is 5.78 Å². The average molecular weight is 204 g/mol. The highest BCUT2D eigenvalue weighted by molar-refractivity contribution is 6.01. The Hall–Kier alpha value is -1.38. The second-order valence-electron chi connectivity index (χ2n) is 4.32. The van der Waals surface area contributed by atoms with Gasteiger partial charge in [-0.2, -0.15) is 0 Å². The van der Waals surface area contributed by atoms with E-state index in [1.807, 2.05) is 6.20 Å². The van der Waals surface area contributed by atoms with Crippen LogP contribution in [0.4, 0.5) is 5.69 Å². The Morgan fingerprint density at radius 2 is 2.20 bits per heavy atom. The summed E-state index contributed by atoms with van der Waals surface area (Å²) >= 11 is 0. The number of carbonyl (C=O) groups excluding carboxylic acids is 1. The predicted octanol–water partition coefficient (Wildman–Crippen LogP) is 2.51. The minimum Gasteiger partial charge on any atom is -0.383 e. The number of Topliss-reactive ketones (excluding diaryl/α,β-unsaturated/α-hetero) is 1. The van der Waals surface area contributed by atoms with E-state index in [0.717, 1.165) is 12.2 Å². The van der Waals surface area contributed by atoms with Crippen molar-refractivity contribution in [1.82, 2.24) is 4.98 Å². The molecule has 0 saturated heterocycles. The first-order chi connectivity index (χ1) is 7.11. The molecule has 1 aromatic heterocycles. The van der Waals surface area contributed by atoms with E-state index in [1.165, 1.54) is 11.1 Å². The van der Waals surface area contributed by atoms with Gasteiger partial charge in [-0.3, -0.25) is 9.78 Å². The highest BCUT2D eigenvalue weighted by Gasteiger charge is 2.21. The van der Waals surface area contributed by atoms with Crippen LogP contribution in [0.3, 0.4) is 0 Å². The van der Waals surface area contributed by atoms with Crippen LogP contribution < -0.4 is 5.32 Å². The zero-order valence-electron chi connectivity index (χ0n) is 9.42. The number of nitrogens with zero attached hydrogens (tertiary/aromatic N) is 1. The lowest BCUT2D eigenvalue weighted by atomic mass is 9.95. The maximum Gasteiger partial charge on any atom is 0.185 e. The number of hydrogen-bond donors (Lipinski definition) is 1. The van der Waals surface area contributed by atoms with E-state index in [1.54, 1.807) is 0 Å². The fourth-order valence-corrected chi connectivity index (χ4v) is 2.05. The van der Waals surface area contributed by atoms with E-state index in [0.29, 0.717) is 18.0 Å². The molecule has 3 nitrogen and oxygen atoms in total. The van der Waals surface area contributed by atoms with Gasteiger partial charge in [0.25, 0.3) is 0 Å². The number of anilines is 1. The lowest BCUT2D eigenvalue weighted by molar-refractivity contribution is 0.0978. The fraction of sp³-hybridized carbons (Fsp3) is 0.500.